The standard InChI is InChI=1S/C13H24N2O3/c1-4-10(8-12(16)17)14-13(18)15-9(3)6-7-11(15)5-2/h9-11H,4-8H2,1-3H3,(H,14,18)(H,16,17). The van der Waals surface area contributed by atoms with Gasteiger partial charge in [-0.1, -0.05) is 13.8 Å². The number of urea groups is 1. The second-order valence-corrected chi connectivity index (χ2v) is 5.05. The van der Waals surface area contributed by atoms with Gasteiger partial charge in [0, 0.05) is 18.1 Å². The number of hydrogen-bond donors (Lipinski definition) is 2. The van der Waals surface area contributed by atoms with Crippen LogP contribution < -0.4 is 5.32 Å². The number of aliphatic carboxylic acids is 1. The molecule has 0 aromatic heterocycles. The van der Waals surface area contributed by atoms with Crippen molar-refractivity contribution in [2.24, 2.45) is 0 Å². The second-order valence-electron chi connectivity index (χ2n) is 5.05. The largest absolute Gasteiger partial charge is 0.481 e. The lowest BCUT2D eigenvalue weighted by molar-refractivity contribution is -0.137. The molecule has 0 bridgehead atoms. The third kappa shape index (κ3) is 3.62. The summed E-state index contributed by atoms with van der Waals surface area (Å²) in [5.41, 5.74) is 0. The number of rotatable bonds is 5. The maximum atomic E-state index is 12.2. The van der Waals surface area contributed by atoms with E-state index < -0.39 is 5.97 Å². The number of nitrogens with zero attached hydrogens (tertiary/aromatic N) is 1. The Morgan fingerprint density at radius 2 is 2.06 bits per heavy atom. The van der Waals surface area contributed by atoms with Crippen molar-refractivity contribution in [3.8, 4) is 0 Å². The van der Waals surface area contributed by atoms with Crippen LogP contribution in [-0.2, 0) is 4.79 Å². The van der Waals surface area contributed by atoms with Gasteiger partial charge in [0.15, 0.2) is 0 Å². The Bertz CT molecular complexity index is 307. The summed E-state index contributed by atoms with van der Waals surface area (Å²) in [5.74, 6) is -0.872. The van der Waals surface area contributed by atoms with Crippen molar-refractivity contribution in [3.05, 3.63) is 0 Å². The third-order valence-electron chi connectivity index (χ3n) is 3.73. The van der Waals surface area contributed by atoms with Crippen LogP contribution in [-0.4, -0.2) is 40.1 Å². The average molecular weight is 256 g/mol. The van der Waals surface area contributed by atoms with Gasteiger partial charge < -0.3 is 15.3 Å². The minimum Gasteiger partial charge on any atom is -0.481 e. The van der Waals surface area contributed by atoms with E-state index in [2.05, 4.69) is 12.2 Å². The molecule has 0 aromatic carbocycles. The zero-order valence-corrected chi connectivity index (χ0v) is 11.5. The van der Waals surface area contributed by atoms with Gasteiger partial charge in [0.1, 0.15) is 0 Å². The van der Waals surface area contributed by atoms with Crippen LogP contribution in [0.3, 0.4) is 0 Å². The van der Waals surface area contributed by atoms with Gasteiger partial charge in [0.05, 0.1) is 6.42 Å². The van der Waals surface area contributed by atoms with E-state index in [4.69, 9.17) is 5.11 Å². The molecular formula is C13H24N2O3. The maximum Gasteiger partial charge on any atom is 0.318 e. The van der Waals surface area contributed by atoms with Gasteiger partial charge in [0.2, 0.25) is 0 Å². The molecule has 1 fully saturated rings. The third-order valence-corrected chi connectivity index (χ3v) is 3.73. The van der Waals surface area contributed by atoms with Crippen LogP contribution >= 0.6 is 0 Å². The molecule has 5 heteroatoms. The van der Waals surface area contributed by atoms with Crippen molar-refractivity contribution in [1.82, 2.24) is 10.2 Å². The molecule has 3 atom stereocenters. The van der Waals surface area contributed by atoms with E-state index in [1.165, 1.54) is 0 Å². The summed E-state index contributed by atoms with van der Waals surface area (Å²) in [7, 11) is 0. The van der Waals surface area contributed by atoms with Gasteiger partial charge in [0.25, 0.3) is 0 Å². The Balaban J connectivity index is 2.59. The van der Waals surface area contributed by atoms with Crippen LogP contribution in [0.5, 0.6) is 0 Å². The number of carboxylic acids is 1. The van der Waals surface area contributed by atoms with Gasteiger partial charge >= 0.3 is 12.0 Å². The fourth-order valence-corrected chi connectivity index (χ4v) is 2.60. The van der Waals surface area contributed by atoms with E-state index in [9.17, 15) is 9.59 Å². The number of carbonyl (C=O) groups excluding carboxylic acids is 1. The number of carbonyl (C=O) groups is 2. The number of carboxylic acid groups (broad SMARTS) is 1. The van der Waals surface area contributed by atoms with Gasteiger partial charge in [-0.3, -0.25) is 4.79 Å². The Labute approximate surface area is 109 Å². The zero-order chi connectivity index (χ0) is 13.7. The first-order chi connectivity index (χ1) is 8.49. The van der Waals surface area contributed by atoms with E-state index in [-0.39, 0.29) is 24.5 Å². The Morgan fingerprint density at radius 3 is 2.56 bits per heavy atom. The van der Waals surface area contributed by atoms with Crippen molar-refractivity contribution in [3.63, 3.8) is 0 Å². The second kappa shape index (κ2) is 6.61. The first-order valence-electron chi connectivity index (χ1n) is 6.80. The van der Waals surface area contributed by atoms with Crippen LogP contribution in [0.25, 0.3) is 0 Å². The van der Waals surface area contributed by atoms with Crippen molar-refractivity contribution in [2.45, 2.75) is 71.0 Å². The van der Waals surface area contributed by atoms with Crippen molar-refractivity contribution in [1.29, 1.82) is 0 Å². The summed E-state index contributed by atoms with van der Waals surface area (Å²) >= 11 is 0. The van der Waals surface area contributed by atoms with Gasteiger partial charge in [-0.25, -0.2) is 4.79 Å². The topological polar surface area (TPSA) is 69.6 Å². The fourth-order valence-electron chi connectivity index (χ4n) is 2.60. The summed E-state index contributed by atoms with van der Waals surface area (Å²) in [6, 6.07) is 0.153. The molecule has 0 aromatic rings. The van der Waals surface area contributed by atoms with Gasteiger partial charge in [-0.2, -0.15) is 0 Å². The quantitative estimate of drug-likeness (QED) is 0.792. The van der Waals surface area contributed by atoms with E-state index in [0.29, 0.717) is 12.5 Å². The van der Waals surface area contributed by atoms with Crippen LogP contribution in [0.2, 0.25) is 0 Å². The number of amides is 2. The molecule has 0 radical (unpaired) electrons. The van der Waals surface area contributed by atoms with E-state index in [1.807, 2.05) is 18.7 Å². The highest BCUT2D eigenvalue weighted by atomic mass is 16.4. The average Bonchev–Trinajstić information content (AvgIpc) is 2.68. The monoisotopic (exact) mass is 256 g/mol. The lowest BCUT2D eigenvalue weighted by Crippen LogP contribution is -2.49. The van der Waals surface area contributed by atoms with E-state index in [1.54, 1.807) is 0 Å². The molecule has 0 saturated carbocycles. The summed E-state index contributed by atoms with van der Waals surface area (Å²) in [6.07, 6.45) is 3.65. The fraction of sp³-hybridized carbons (Fsp3) is 0.846. The van der Waals surface area contributed by atoms with Crippen LogP contribution in [0.1, 0.15) is 52.9 Å². The van der Waals surface area contributed by atoms with Crippen LogP contribution in [0.15, 0.2) is 0 Å². The Morgan fingerprint density at radius 1 is 1.39 bits per heavy atom. The Hall–Kier alpha value is -1.26. The molecule has 18 heavy (non-hydrogen) atoms. The SMILES string of the molecule is CCC(CC(=O)O)NC(=O)N1C(C)CCC1CC. The molecule has 2 amide bonds. The highest BCUT2D eigenvalue weighted by Gasteiger charge is 2.33. The molecule has 3 unspecified atom stereocenters. The molecule has 1 heterocycles. The van der Waals surface area contributed by atoms with Crippen molar-refractivity contribution < 1.29 is 14.7 Å². The van der Waals surface area contributed by atoms with Gasteiger partial charge in [-0.15, -0.1) is 0 Å². The summed E-state index contributed by atoms with van der Waals surface area (Å²) < 4.78 is 0. The molecule has 1 rings (SSSR count). The summed E-state index contributed by atoms with van der Waals surface area (Å²) in [4.78, 5) is 24.8. The van der Waals surface area contributed by atoms with Crippen LogP contribution in [0, 0.1) is 0 Å². The molecule has 1 aliphatic rings. The number of likely N-dealkylation sites (tertiary alicyclic amines) is 1. The molecular weight excluding hydrogens is 232 g/mol. The zero-order valence-electron chi connectivity index (χ0n) is 11.5. The number of hydrogen-bond acceptors (Lipinski definition) is 2. The smallest absolute Gasteiger partial charge is 0.318 e. The Kier molecular flexibility index (Phi) is 5.44. The van der Waals surface area contributed by atoms with Crippen molar-refractivity contribution in [2.75, 3.05) is 0 Å². The maximum absolute atomic E-state index is 12.2. The predicted octanol–water partition coefficient (Wildman–Crippen LogP) is 2.21. The molecule has 5 nitrogen and oxygen atoms in total. The summed E-state index contributed by atoms with van der Waals surface area (Å²) in [5, 5.41) is 11.6. The molecule has 1 saturated heterocycles. The molecule has 2 N–H and O–H groups in total. The van der Waals surface area contributed by atoms with Gasteiger partial charge in [-0.05, 0) is 32.6 Å². The highest BCUT2D eigenvalue weighted by molar-refractivity contribution is 5.76. The van der Waals surface area contributed by atoms with E-state index >= 15 is 0 Å². The lowest BCUT2D eigenvalue weighted by atomic mass is 10.1. The first-order valence-corrected chi connectivity index (χ1v) is 6.80. The van der Waals surface area contributed by atoms with Crippen molar-refractivity contribution >= 4 is 12.0 Å². The van der Waals surface area contributed by atoms with E-state index in [0.717, 1.165) is 19.3 Å². The van der Waals surface area contributed by atoms with Crippen LogP contribution in [0.4, 0.5) is 4.79 Å². The molecule has 0 spiro atoms. The molecule has 104 valence electrons. The predicted molar refractivity (Wildman–Crippen MR) is 69.5 cm³/mol. The number of nitrogens with one attached hydrogen (secondary N) is 1. The first kappa shape index (κ1) is 14.8. The summed E-state index contributed by atoms with van der Waals surface area (Å²) in [6.45, 7) is 6.02. The highest BCUT2D eigenvalue weighted by Crippen LogP contribution is 2.26. The molecule has 1 aliphatic heterocycles. The lowest BCUT2D eigenvalue weighted by Gasteiger charge is -2.30. The normalized spacial score (nSPS) is 24.9. The minimum atomic E-state index is -0.872. The minimum absolute atomic E-state index is 0.0126. The molecule has 0 aliphatic carbocycles.